The number of hydrogen-bond donors (Lipinski definition) is 1. The second-order valence-electron chi connectivity index (χ2n) is 4.77. The Kier molecular flexibility index (Phi) is 4.60. The van der Waals surface area contributed by atoms with E-state index >= 15 is 0 Å². The maximum absolute atomic E-state index is 5.99. The minimum Gasteiger partial charge on any atom is -0.370 e. The molecule has 1 aromatic rings. The third kappa shape index (κ3) is 3.84. The average molecular weight is 254 g/mol. The third-order valence-corrected chi connectivity index (χ3v) is 3.46. The summed E-state index contributed by atoms with van der Waals surface area (Å²) >= 11 is 5.99. The molecule has 0 saturated heterocycles. The lowest BCUT2D eigenvalue weighted by Gasteiger charge is -2.11. The fourth-order valence-electron chi connectivity index (χ4n) is 2.35. The van der Waals surface area contributed by atoms with Gasteiger partial charge in [0.2, 0.25) is 0 Å². The molecule has 1 heterocycles. The van der Waals surface area contributed by atoms with Gasteiger partial charge in [0, 0.05) is 19.0 Å². The first-order valence-electron chi connectivity index (χ1n) is 6.55. The quantitative estimate of drug-likeness (QED) is 0.814. The zero-order valence-corrected chi connectivity index (χ0v) is 11.1. The van der Waals surface area contributed by atoms with Crippen LogP contribution in [0.5, 0.6) is 0 Å². The molecule has 1 fully saturated rings. The van der Waals surface area contributed by atoms with Gasteiger partial charge in [-0.15, -0.1) is 0 Å². The molecule has 3 nitrogen and oxygen atoms in total. The molecule has 17 heavy (non-hydrogen) atoms. The van der Waals surface area contributed by atoms with Crippen molar-refractivity contribution in [3.63, 3.8) is 0 Å². The van der Waals surface area contributed by atoms with Crippen LogP contribution in [0, 0.1) is 5.92 Å². The normalized spacial score (nSPS) is 16.4. The van der Waals surface area contributed by atoms with Crippen LogP contribution in [0.4, 0.5) is 5.82 Å². The van der Waals surface area contributed by atoms with E-state index in [0.717, 1.165) is 36.9 Å². The molecule has 0 amide bonds. The first-order valence-corrected chi connectivity index (χ1v) is 6.93. The third-order valence-electron chi connectivity index (χ3n) is 3.26. The Labute approximate surface area is 108 Å². The van der Waals surface area contributed by atoms with E-state index in [0.29, 0.717) is 5.15 Å². The molecular weight excluding hydrogens is 234 g/mol. The van der Waals surface area contributed by atoms with Crippen LogP contribution in [0.3, 0.4) is 0 Å². The SMILES string of the molecule is CCCc1nc(Cl)cc(NCC2CCCC2)n1. The highest BCUT2D eigenvalue weighted by atomic mass is 35.5. The van der Waals surface area contributed by atoms with Gasteiger partial charge in [-0.3, -0.25) is 0 Å². The molecule has 1 aromatic heterocycles. The van der Waals surface area contributed by atoms with Crippen LogP contribution >= 0.6 is 11.6 Å². The lowest BCUT2D eigenvalue weighted by atomic mass is 10.1. The van der Waals surface area contributed by atoms with Crippen LogP contribution in [0.2, 0.25) is 5.15 Å². The van der Waals surface area contributed by atoms with Crippen molar-refractivity contribution in [2.24, 2.45) is 5.92 Å². The number of aromatic nitrogens is 2. The fourth-order valence-corrected chi connectivity index (χ4v) is 2.55. The summed E-state index contributed by atoms with van der Waals surface area (Å²) in [5, 5.41) is 3.93. The molecule has 1 N–H and O–H groups in total. The Hall–Kier alpha value is -0.830. The second-order valence-corrected chi connectivity index (χ2v) is 5.16. The molecule has 4 heteroatoms. The first kappa shape index (κ1) is 12.6. The highest BCUT2D eigenvalue weighted by Gasteiger charge is 2.14. The van der Waals surface area contributed by atoms with Gasteiger partial charge in [0.15, 0.2) is 0 Å². The minimum absolute atomic E-state index is 0.539. The van der Waals surface area contributed by atoms with Crippen LogP contribution in [-0.4, -0.2) is 16.5 Å². The van der Waals surface area contributed by atoms with Gasteiger partial charge in [-0.05, 0) is 25.2 Å². The van der Waals surface area contributed by atoms with Gasteiger partial charge in [-0.2, -0.15) is 0 Å². The lowest BCUT2D eigenvalue weighted by Crippen LogP contribution is -2.12. The maximum atomic E-state index is 5.99. The van der Waals surface area contributed by atoms with Crippen LogP contribution in [0.25, 0.3) is 0 Å². The van der Waals surface area contributed by atoms with E-state index in [4.69, 9.17) is 11.6 Å². The van der Waals surface area contributed by atoms with Gasteiger partial charge in [0.05, 0.1) is 0 Å². The van der Waals surface area contributed by atoms with Crippen LogP contribution in [-0.2, 0) is 6.42 Å². The molecule has 94 valence electrons. The van der Waals surface area contributed by atoms with Crippen molar-refractivity contribution >= 4 is 17.4 Å². The number of rotatable bonds is 5. The molecule has 1 saturated carbocycles. The summed E-state index contributed by atoms with van der Waals surface area (Å²) in [5.74, 6) is 2.52. The number of aryl methyl sites for hydroxylation is 1. The highest BCUT2D eigenvalue weighted by Crippen LogP contribution is 2.25. The molecule has 0 atom stereocenters. The van der Waals surface area contributed by atoms with Gasteiger partial charge < -0.3 is 5.32 Å². The van der Waals surface area contributed by atoms with E-state index in [1.807, 2.05) is 6.07 Å². The average Bonchev–Trinajstić information content (AvgIpc) is 2.79. The predicted octanol–water partition coefficient (Wildman–Crippen LogP) is 3.68. The Morgan fingerprint density at radius 1 is 1.35 bits per heavy atom. The van der Waals surface area contributed by atoms with Gasteiger partial charge in [0.1, 0.15) is 16.8 Å². The number of nitrogens with one attached hydrogen (secondary N) is 1. The topological polar surface area (TPSA) is 37.8 Å². The Morgan fingerprint density at radius 3 is 2.82 bits per heavy atom. The standard InChI is InChI=1S/C13H20ClN3/c1-2-5-12-16-11(14)8-13(17-12)15-9-10-6-3-4-7-10/h8,10H,2-7,9H2,1H3,(H,15,16,17). The molecule has 0 radical (unpaired) electrons. The van der Waals surface area contributed by atoms with Crippen LogP contribution < -0.4 is 5.32 Å². The second kappa shape index (κ2) is 6.20. The molecule has 0 unspecified atom stereocenters. The number of halogens is 1. The maximum Gasteiger partial charge on any atom is 0.134 e. The van der Waals surface area contributed by atoms with E-state index in [9.17, 15) is 0 Å². The Bertz CT molecular complexity index is 362. The summed E-state index contributed by atoms with van der Waals surface area (Å²) in [5.41, 5.74) is 0. The van der Waals surface area contributed by atoms with Crippen LogP contribution in [0.1, 0.15) is 44.9 Å². The van der Waals surface area contributed by atoms with Gasteiger partial charge in [0.25, 0.3) is 0 Å². The van der Waals surface area contributed by atoms with Gasteiger partial charge >= 0.3 is 0 Å². The zero-order chi connectivity index (χ0) is 12.1. The molecule has 0 aromatic carbocycles. The first-order chi connectivity index (χ1) is 8.28. The van der Waals surface area contributed by atoms with Crippen molar-refractivity contribution in [3.05, 3.63) is 17.0 Å². The number of hydrogen-bond acceptors (Lipinski definition) is 3. The van der Waals surface area contributed by atoms with Crippen molar-refractivity contribution in [3.8, 4) is 0 Å². The van der Waals surface area contributed by atoms with Crippen molar-refractivity contribution in [1.29, 1.82) is 0 Å². The van der Waals surface area contributed by atoms with E-state index < -0.39 is 0 Å². The summed E-state index contributed by atoms with van der Waals surface area (Å²) < 4.78 is 0. The van der Waals surface area contributed by atoms with Gasteiger partial charge in [-0.25, -0.2) is 9.97 Å². The Morgan fingerprint density at radius 2 is 2.12 bits per heavy atom. The molecule has 0 aliphatic heterocycles. The lowest BCUT2D eigenvalue weighted by molar-refractivity contribution is 0.578. The summed E-state index contributed by atoms with van der Waals surface area (Å²) in [7, 11) is 0. The van der Waals surface area contributed by atoms with Crippen molar-refractivity contribution in [1.82, 2.24) is 9.97 Å². The summed E-state index contributed by atoms with van der Waals surface area (Å²) in [6.07, 6.45) is 7.36. The van der Waals surface area contributed by atoms with Crippen molar-refractivity contribution in [2.75, 3.05) is 11.9 Å². The zero-order valence-electron chi connectivity index (χ0n) is 10.4. The molecule has 0 spiro atoms. The minimum atomic E-state index is 0.539. The summed E-state index contributed by atoms with van der Waals surface area (Å²) in [6.45, 7) is 3.13. The van der Waals surface area contributed by atoms with Gasteiger partial charge in [-0.1, -0.05) is 31.4 Å². The highest BCUT2D eigenvalue weighted by molar-refractivity contribution is 6.29. The molecule has 1 aliphatic rings. The van der Waals surface area contributed by atoms with Crippen molar-refractivity contribution in [2.45, 2.75) is 45.4 Å². The fraction of sp³-hybridized carbons (Fsp3) is 0.692. The predicted molar refractivity (Wildman–Crippen MR) is 71.5 cm³/mol. The summed E-state index contributed by atoms with van der Waals surface area (Å²) in [4.78, 5) is 8.70. The van der Waals surface area contributed by atoms with E-state index in [2.05, 4.69) is 22.2 Å². The largest absolute Gasteiger partial charge is 0.370 e. The number of anilines is 1. The van der Waals surface area contributed by atoms with Crippen LogP contribution in [0.15, 0.2) is 6.07 Å². The monoisotopic (exact) mass is 253 g/mol. The molecular formula is C13H20ClN3. The van der Waals surface area contributed by atoms with Crippen molar-refractivity contribution < 1.29 is 0 Å². The number of nitrogens with zero attached hydrogens (tertiary/aromatic N) is 2. The smallest absolute Gasteiger partial charge is 0.134 e. The van der Waals surface area contributed by atoms with E-state index in [1.165, 1.54) is 25.7 Å². The molecule has 0 bridgehead atoms. The molecule has 2 rings (SSSR count). The van der Waals surface area contributed by atoms with E-state index in [-0.39, 0.29) is 0 Å². The Balaban J connectivity index is 1.94. The van der Waals surface area contributed by atoms with E-state index in [1.54, 1.807) is 0 Å². The summed E-state index contributed by atoms with van der Waals surface area (Å²) in [6, 6.07) is 1.82. The molecule has 1 aliphatic carbocycles.